The fourth-order valence-electron chi connectivity index (χ4n) is 14.7. The van der Waals surface area contributed by atoms with Crippen molar-refractivity contribution in [3.8, 4) is 17.4 Å². The van der Waals surface area contributed by atoms with Crippen molar-refractivity contribution in [3.05, 3.63) is 129 Å². The van der Waals surface area contributed by atoms with Crippen LogP contribution in [0.3, 0.4) is 0 Å². The molecule has 23 heteroatoms. The van der Waals surface area contributed by atoms with Crippen LogP contribution in [0.4, 0.5) is 37.2 Å². The molecular weight excluding hydrogens is 1120 g/mol. The van der Waals surface area contributed by atoms with Crippen LogP contribution in [0.2, 0.25) is 0 Å². The van der Waals surface area contributed by atoms with Crippen LogP contribution in [0.15, 0.2) is 90.0 Å². The van der Waals surface area contributed by atoms with Crippen molar-refractivity contribution >= 4 is 55.4 Å². The van der Waals surface area contributed by atoms with E-state index in [0.717, 1.165) is 98.7 Å². The third-order valence-corrected chi connectivity index (χ3v) is 20.4. The zero-order chi connectivity index (χ0) is 58.3. The number of benzene rings is 4. The highest BCUT2D eigenvalue weighted by molar-refractivity contribution is 7.90. The second kappa shape index (κ2) is 22.3. The first-order chi connectivity index (χ1) is 41.2. The number of pyridine rings is 1. The highest BCUT2D eigenvalue weighted by Gasteiger charge is 2.51. The first-order valence-electron chi connectivity index (χ1n) is 29.7. The molecule has 0 radical (unpaired) electrons. The minimum Gasteiger partial charge on any atom is -0.491 e. The van der Waals surface area contributed by atoms with Crippen molar-refractivity contribution in [2.75, 3.05) is 87.5 Å². The molecular formula is C62H69F2N9O11S. The number of aromatic amines is 1. The molecule has 4 saturated heterocycles. The number of piperazine rings is 1. The molecule has 85 heavy (non-hydrogen) atoms. The van der Waals surface area contributed by atoms with Crippen molar-refractivity contribution in [3.63, 3.8) is 0 Å². The summed E-state index contributed by atoms with van der Waals surface area (Å²) in [5.41, 5.74) is 4.46. The van der Waals surface area contributed by atoms with Crippen LogP contribution < -0.4 is 34.0 Å². The predicted molar refractivity (Wildman–Crippen MR) is 311 cm³/mol. The first-order valence-corrected chi connectivity index (χ1v) is 31.2. The molecule has 3 N–H and O–H groups in total. The zero-order valence-corrected chi connectivity index (χ0v) is 48.3. The van der Waals surface area contributed by atoms with Crippen LogP contribution in [0, 0.1) is 33.1 Å². The van der Waals surface area contributed by atoms with Gasteiger partial charge in [0.25, 0.3) is 21.6 Å². The smallest absolute Gasteiger partial charge is 0.297 e. The Morgan fingerprint density at radius 2 is 1.69 bits per heavy atom. The van der Waals surface area contributed by atoms with E-state index in [1.807, 2.05) is 50.2 Å². The van der Waals surface area contributed by atoms with E-state index in [9.17, 15) is 27.7 Å². The lowest BCUT2D eigenvalue weighted by Crippen LogP contribution is -2.60. The number of amides is 1. The summed E-state index contributed by atoms with van der Waals surface area (Å²) in [6.07, 6.45) is 7.18. The highest BCUT2D eigenvalue weighted by atomic mass is 32.2. The van der Waals surface area contributed by atoms with Gasteiger partial charge in [0, 0.05) is 99.1 Å². The van der Waals surface area contributed by atoms with Crippen molar-refractivity contribution in [1.82, 2.24) is 24.5 Å². The Bertz CT molecular complexity index is 3680. The lowest BCUT2D eigenvalue weighted by atomic mass is 9.59. The van der Waals surface area contributed by atoms with Crippen molar-refractivity contribution in [2.45, 2.75) is 113 Å². The Morgan fingerprint density at radius 3 is 2.51 bits per heavy atom. The second-order valence-electron chi connectivity index (χ2n) is 24.4. The normalized spacial score (nSPS) is 24.5. The van der Waals surface area contributed by atoms with E-state index in [-0.39, 0.29) is 84.0 Å². The van der Waals surface area contributed by atoms with E-state index >= 15 is 4.39 Å². The minimum absolute atomic E-state index is 0.00729. The average molecular weight is 1190 g/mol. The molecule has 6 aromatic rings. The number of halogens is 2. The number of nitrogens with zero attached hydrogens (tertiary/aromatic N) is 6. The number of hydrogen-bond donors (Lipinski definition) is 3. The van der Waals surface area contributed by atoms with Gasteiger partial charge in [0.05, 0.1) is 71.2 Å². The van der Waals surface area contributed by atoms with Crippen LogP contribution in [-0.4, -0.2) is 142 Å². The average Bonchev–Trinajstić information content (AvgIpc) is 2.61. The standard InChI is InChI=1S/C62H69F2N9O11S/c1-36(2)83-54-6-4-3-5-43(54)52-31-70(53-34-81-32-45-42(53)9-10-46(63)57(45)64)20-21-71(52)40-29-62(30-40)15-18-69(19-16-62)39-7-8-44(49(26-39)72-48-14-24-80-35-56(48)84-61-51(72)25-38-11-17-65-59(38)67-61)60(74)68-85(77,78)41-27-50(73(75)76)58-55(28-41)82-33-47(66-58)37-12-22-79-23-13-37/h3-11,17,25-28,36-37,40,47-48,52-53,56,66H,12-16,18-24,29-35H2,1-2H3,(H,65,67)(H,68,74)/t47-,48-,52-,53+,56-/m0/s1. The van der Waals surface area contributed by atoms with Gasteiger partial charge in [-0.25, -0.2) is 21.9 Å². The molecule has 8 aliphatic rings. The number of hydrogen-bond acceptors (Lipinski definition) is 17. The van der Waals surface area contributed by atoms with Crippen LogP contribution >= 0.6 is 0 Å². The number of nitro groups is 1. The summed E-state index contributed by atoms with van der Waals surface area (Å²) in [6.45, 7) is 10.1. The molecule has 20 nitrogen and oxygen atoms in total. The number of piperidine rings is 1. The summed E-state index contributed by atoms with van der Waals surface area (Å²) in [4.78, 5) is 43.9. The highest BCUT2D eigenvalue weighted by Crippen LogP contribution is 2.55. The summed E-state index contributed by atoms with van der Waals surface area (Å²) in [5, 5.41) is 16.7. The number of H-pyrrole nitrogens is 1. The number of sulfonamides is 1. The Morgan fingerprint density at radius 1 is 0.882 bits per heavy atom. The van der Waals surface area contributed by atoms with Gasteiger partial charge in [0.2, 0.25) is 5.88 Å². The molecule has 0 bridgehead atoms. The quantitative estimate of drug-likeness (QED) is 0.0768. The second-order valence-corrected chi connectivity index (χ2v) is 26.1. The van der Waals surface area contributed by atoms with Crippen molar-refractivity contribution in [1.29, 1.82) is 0 Å². The predicted octanol–water partition coefficient (Wildman–Crippen LogP) is 9.32. The summed E-state index contributed by atoms with van der Waals surface area (Å²) >= 11 is 0. The topological polar surface area (TPSA) is 215 Å². The van der Waals surface area contributed by atoms with Crippen LogP contribution in [0.5, 0.6) is 17.4 Å². The van der Waals surface area contributed by atoms with Crippen LogP contribution in [-0.2, 0) is 30.8 Å². The fourth-order valence-corrected chi connectivity index (χ4v) is 15.7. The number of anilines is 4. The molecule has 7 aliphatic heterocycles. The van der Waals surface area contributed by atoms with Gasteiger partial charge in [-0.2, -0.15) is 4.98 Å². The number of ether oxygens (including phenoxy) is 6. The van der Waals surface area contributed by atoms with Gasteiger partial charge < -0.3 is 48.5 Å². The van der Waals surface area contributed by atoms with E-state index in [4.69, 9.17) is 33.4 Å². The van der Waals surface area contributed by atoms with Gasteiger partial charge in [-0.15, -0.1) is 0 Å². The SMILES string of the molecule is CC(C)Oc1ccccc1[C@@H]1CN([C@@H]2COCc3c2ccc(F)c3F)CCN1C1CC2(CCN(c3ccc(C(=O)NS(=O)(=O)c4cc5c(c([N+](=O)[O-])c4)N[C@H](C4CCOCC4)CO5)c(N4c5cc6cc[nH]c6nc5O[C@H]5COCC[C@@H]54)c3)CC2)C1. The van der Waals surface area contributed by atoms with E-state index in [1.165, 1.54) is 12.1 Å². The molecule has 9 heterocycles. The first kappa shape index (κ1) is 55.7. The zero-order valence-electron chi connectivity index (χ0n) is 47.5. The van der Waals surface area contributed by atoms with Gasteiger partial charge in [-0.05, 0) is 118 Å². The van der Waals surface area contributed by atoms with Crippen molar-refractivity contribution in [2.24, 2.45) is 11.3 Å². The number of rotatable bonds is 12. The Hall–Kier alpha value is -7.15. The number of carbonyl (C=O) groups excluding carboxylic acids is 1. The molecule has 0 unspecified atom stereocenters. The molecule has 5 atom stereocenters. The molecule has 448 valence electrons. The van der Waals surface area contributed by atoms with E-state index in [2.05, 4.69) is 46.8 Å². The third-order valence-electron chi connectivity index (χ3n) is 19.1. The number of nitro benzene ring substituents is 1. The van der Waals surface area contributed by atoms with Crippen molar-refractivity contribution < 1.29 is 55.3 Å². The molecule has 2 aromatic heterocycles. The largest absolute Gasteiger partial charge is 0.491 e. The summed E-state index contributed by atoms with van der Waals surface area (Å²) < 4.78 is 97.4. The Kier molecular flexibility index (Phi) is 14.6. The molecule has 5 fully saturated rings. The monoisotopic (exact) mass is 1190 g/mol. The summed E-state index contributed by atoms with van der Waals surface area (Å²) in [6, 6.07) is 22.2. The Labute approximate surface area is 491 Å². The number of nitrogens with one attached hydrogen (secondary N) is 3. The number of carbonyl (C=O) groups is 1. The van der Waals surface area contributed by atoms with Gasteiger partial charge in [0.1, 0.15) is 29.8 Å². The molecule has 1 aliphatic carbocycles. The van der Waals surface area contributed by atoms with Gasteiger partial charge >= 0.3 is 0 Å². The van der Waals surface area contributed by atoms with Gasteiger partial charge in [0.15, 0.2) is 23.1 Å². The minimum atomic E-state index is -4.74. The number of fused-ring (bicyclic) bond motifs is 5. The number of aromatic nitrogens is 2. The van der Waals surface area contributed by atoms with Gasteiger partial charge in [-0.1, -0.05) is 24.3 Å². The molecule has 1 saturated carbocycles. The van der Waals surface area contributed by atoms with Crippen LogP contribution in [0.25, 0.3) is 11.0 Å². The maximum Gasteiger partial charge on any atom is 0.297 e. The fraction of sp³-hybridized carbons (Fsp3) is 0.484. The molecule has 4 aromatic carbocycles. The Balaban J connectivity index is 0.739. The van der Waals surface area contributed by atoms with E-state index < -0.39 is 49.2 Å². The molecule has 14 rings (SSSR count). The van der Waals surface area contributed by atoms with E-state index in [1.54, 1.807) is 18.3 Å². The third kappa shape index (κ3) is 10.4. The van der Waals surface area contributed by atoms with Crippen LogP contribution in [0.1, 0.15) is 97.9 Å². The lowest BCUT2D eigenvalue weighted by Gasteiger charge is -2.58. The molecule has 1 amide bonds. The lowest BCUT2D eigenvalue weighted by molar-refractivity contribution is -0.384. The van der Waals surface area contributed by atoms with Gasteiger partial charge in [-0.3, -0.25) is 24.7 Å². The summed E-state index contributed by atoms with van der Waals surface area (Å²) in [5.74, 6) is -1.31. The summed E-state index contributed by atoms with van der Waals surface area (Å²) in [7, 11) is -4.74. The number of para-hydroxylation sites is 1. The maximum absolute atomic E-state index is 15.2. The maximum atomic E-state index is 15.2. The molecule has 1 spiro atoms. The van der Waals surface area contributed by atoms with E-state index in [0.29, 0.717) is 68.3 Å².